The van der Waals surface area contributed by atoms with Crippen molar-refractivity contribution in [1.82, 2.24) is 0 Å². The van der Waals surface area contributed by atoms with Crippen molar-refractivity contribution in [2.24, 2.45) is 0 Å². The molecule has 0 saturated heterocycles. The van der Waals surface area contributed by atoms with Gasteiger partial charge in [0.15, 0.2) is 55.8 Å². The molecule has 1 heterocycles. The molecule has 2 aromatic carbocycles. The zero-order valence-corrected chi connectivity index (χ0v) is 23.0. The van der Waals surface area contributed by atoms with Crippen LogP contribution in [0.25, 0.3) is 22.3 Å². The van der Waals surface area contributed by atoms with Crippen molar-refractivity contribution >= 4 is 11.0 Å². The van der Waals surface area contributed by atoms with Gasteiger partial charge >= 0.3 is 0 Å². The van der Waals surface area contributed by atoms with Crippen LogP contribution in [0.4, 0.5) is 0 Å². The number of methoxy groups -OCH3 is 4. The highest BCUT2D eigenvalue weighted by atomic mass is 16.7. The quantitative estimate of drug-likeness (QED) is 0.183. The largest absolute Gasteiger partial charge is 0.489 e. The molecule has 0 N–H and O–H groups in total. The standard InChI is InChI=1S/C28H34O11/c1-18(2)11-12-34-21-9-10-22(36-15-31-4)27-24(21)25(29)28(38-17-33-6)26(39-27)19-7-8-20(35-14-30-3)23(13-19)37-16-32-5/h7-11,13H,12,14-17H2,1-6H3. The highest BCUT2D eigenvalue weighted by Crippen LogP contribution is 2.41. The van der Waals surface area contributed by atoms with Crippen molar-refractivity contribution in [3.8, 4) is 40.1 Å². The van der Waals surface area contributed by atoms with Crippen LogP contribution in [0.3, 0.4) is 0 Å². The Kier molecular flexibility index (Phi) is 11.4. The third-order valence-electron chi connectivity index (χ3n) is 5.18. The second-order valence-electron chi connectivity index (χ2n) is 8.31. The van der Waals surface area contributed by atoms with Gasteiger partial charge in [0.1, 0.15) is 17.7 Å². The number of ether oxygens (including phenoxy) is 9. The first-order valence-corrected chi connectivity index (χ1v) is 12.0. The minimum absolute atomic E-state index is 0.00562. The fourth-order valence-corrected chi connectivity index (χ4v) is 3.45. The topological polar surface area (TPSA) is 113 Å². The van der Waals surface area contributed by atoms with E-state index in [1.165, 1.54) is 28.4 Å². The predicted molar refractivity (Wildman–Crippen MR) is 143 cm³/mol. The normalized spacial score (nSPS) is 10.8. The average Bonchev–Trinajstić information content (AvgIpc) is 2.93. The molecule has 3 aromatic rings. The van der Waals surface area contributed by atoms with Crippen molar-refractivity contribution in [1.29, 1.82) is 0 Å². The summed E-state index contributed by atoms with van der Waals surface area (Å²) in [5.41, 5.74) is 1.22. The first-order chi connectivity index (χ1) is 18.9. The van der Waals surface area contributed by atoms with Crippen LogP contribution < -0.4 is 29.1 Å². The van der Waals surface area contributed by atoms with Crippen molar-refractivity contribution in [2.75, 3.05) is 62.2 Å². The zero-order valence-electron chi connectivity index (χ0n) is 23.0. The van der Waals surface area contributed by atoms with Crippen LogP contribution in [-0.4, -0.2) is 62.2 Å². The molecular formula is C28H34O11. The van der Waals surface area contributed by atoms with Gasteiger partial charge in [0.25, 0.3) is 0 Å². The second-order valence-corrected chi connectivity index (χ2v) is 8.31. The molecule has 0 amide bonds. The Bertz CT molecular complexity index is 1310. The molecule has 0 unspecified atom stereocenters. The number of hydrogen-bond acceptors (Lipinski definition) is 11. The minimum Gasteiger partial charge on any atom is -0.489 e. The molecule has 3 rings (SSSR count). The summed E-state index contributed by atoms with van der Waals surface area (Å²) in [6.45, 7) is 3.88. The predicted octanol–water partition coefficient (Wildman–Crippen LogP) is 4.74. The number of fused-ring (bicyclic) bond motifs is 1. The molecule has 1 aromatic heterocycles. The van der Waals surface area contributed by atoms with Gasteiger partial charge in [-0.3, -0.25) is 4.79 Å². The molecule has 0 fully saturated rings. The number of benzene rings is 2. The Balaban J connectivity index is 2.26. The fourth-order valence-electron chi connectivity index (χ4n) is 3.45. The monoisotopic (exact) mass is 546 g/mol. The van der Waals surface area contributed by atoms with Gasteiger partial charge in [0.2, 0.25) is 11.2 Å². The lowest BCUT2D eigenvalue weighted by Gasteiger charge is -2.17. The first kappa shape index (κ1) is 29.8. The molecule has 0 aliphatic carbocycles. The first-order valence-electron chi connectivity index (χ1n) is 12.0. The number of rotatable bonds is 16. The smallest absolute Gasteiger partial charge is 0.239 e. The van der Waals surface area contributed by atoms with Gasteiger partial charge in [-0.25, -0.2) is 0 Å². The molecule has 0 radical (unpaired) electrons. The van der Waals surface area contributed by atoms with Crippen LogP contribution in [-0.2, 0) is 18.9 Å². The zero-order chi connectivity index (χ0) is 28.2. The van der Waals surface area contributed by atoms with Crippen molar-refractivity contribution in [3.63, 3.8) is 0 Å². The van der Waals surface area contributed by atoms with E-state index in [2.05, 4.69) is 0 Å². The van der Waals surface area contributed by atoms with Gasteiger partial charge in [-0.1, -0.05) is 5.57 Å². The Morgan fingerprint density at radius 2 is 1.28 bits per heavy atom. The highest BCUT2D eigenvalue weighted by Gasteiger charge is 2.24. The van der Waals surface area contributed by atoms with E-state index in [4.69, 9.17) is 47.0 Å². The maximum absolute atomic E-state index is 13.9. The Hall–Kier alpha value is -3.77. The number of allylic oxidation sites excluding steroid dienone is 1. The summed E-state index contributed by atoms with van der Waals surface area (Å²) in [6.07, 6.45) is 1.90. The van der Waals surface area contributed by atoms with Gasteiger partial charge < -0.3 is 47.0 Å². The molecule has 0 aliphatic heterocycles. The summed E-state index contributed by atoms with van der Waals surface area (Å²) in [7, 11) is 5.95. The van der Waals surface area contributed by atoms with Gasteiger partial charge in [0, 0.05) is 34.0 Å². The highest BCUT2D eigenvalue weighted by molar-refractivity contribution is 5.91. The fraction of sp³-hybridized carbons (Fsp3) is 0.393. The SMILES string of the molecule is COCOc1ccc(-c2oc3c(OCOC)ccc(OCC=C(C)C)c3c(=O)c2OCOC)cc1OCOC. The molecule has 0 bridgehead atoms. The molecule has 0 saturated carbocycles. The van der Waals surface area contributed by atoms with Crippen LogP contribution in [0.5, 0.6) is 28.7 Å². The summed E-state index contributed by atoms with van der Waals surface area (Å²) < 4.78 is 55.2. The van der Waals surface area contributed by atoms with Gasteiger partial charge in [-0.15, -0.1) is 0 Å². The summed E-state index contributed by atoms with van der Waals surface area (Å²) in [5, 5.41) is 0.150. The van der Waals surface area contributed by atoms with Crippen molar-refractivity contribution in [2.45, 2.75) is 13.8 Å². The average molecular weight is 547 g/mol. The summed E-state index contributed by atoms with van der Waals surface area (Å²) >= 11 is 0. The van der Waals surface area contributed by atoms with Crippen molar-refractivity contribution in [3.05, 3.63) is 52.2 Å². The maximum atomic E-state index is 13.9. The van der Waals surface area contributed by atoms with Crippen LogP contribution in [0, 0.1) is 0 Å². The van der Waals surface area contributed by atoms with Crippen molar-refractivity contribution < 1.29 is 47.0 Å². The Morgan fingerprint density at radius 1 is 0.718 bits per heavy atom. The van der Waals surface area contributed by atoms with E-state index in [1.54, 1.807) is 30.3 Å². The van der Waals surface area contributed by atoms with E-state index >= 15 is 0 Å². The minimum atomic E-state index is -0.475. The molecule has 11 heteroatoms. The summed E-state index contributed by atoms with van der Waals surface area (Å²) in [6, 6.07) is 8.28. The number of hydrogen-bond donors (Lipinski definition) is 0. The maximum Gasteiger partial charge on any atom is 0.239 e. The van der Waals surface area contributed by atoms with Crippen LogP contribution in [0.2, 0.25) is 0 Å². The van der Waals surface area contributed by atoms with E-state index in [1.807, 2.05) is 19.9 Å². The van der Waals surface area contributed by atoms with Crippen LogP contribution >= 0.6 is 0 Å². The third kappa shape index (κ3) is 7.64. The summed E-state index contributed by atoms with van der Waals surface area (Å²) in [4.78, 5) is 13.9. The molecule has 11 nitrogen and oxygen atoms in total. The molecule has 0 atom stereocenters. The lowest BCUT2D eigenvalue weighted by molar-refractivity contribution is 0.0323. The van der Waals surface area contributed by atoms with E-state index in [0.29, 0.717) is 22.8 Å². The lowest BCUT2D eigenvalue weighted by Crippen LogP contribution is -2.14. The van der Waals surface area contributed by atoms with Crippen LogP contribution in [0.1, 0.15) is 13.8 Å². The van der Waals surface area contributed by atoms with E-state index in [9.17, 15) is 4.79 Å². The molecule has 212 valence electrons. The molecule has 0 aliphatic rings. The second kappa shape index (κ2) is 15.0. The van der Waals surface area contributed by atoms with E-state index in [-0.39, 0.29) is 62.0 Å². The van der Waals surface area contributed by atoms with E-state index in [0.717, 1.165) is 5.57 Å². The Labute approximate surface area is 226 Å². The molecule has 39 heavy (non-hydrogen) atoms. The lowest BCUT2D eigenvalue weighted by atomic mass is 10.1. The third-order valence-corrected chi connectivity index (χ3v) is 5.18. The molecular weight excluding hydrogens is 512 g/mol. The van der Waals surface area contributed by atoms with E-state index < -0.39 is 5.43 Å². The molecule has 0 spiro atoms. The Morgan fingerprint density at radius 3 is 1.92 bits per heavy atom. The van der Waals surface area contributed by atoms with Gasteiger partial charge in [-0.2, -0.15) is 0 Å². The van der Waals surface area contributed by atoms with Gasteiger partial charge in [-0.05, 0) is 50.3 Å². The summed E-state index contributed by atoms with van der Waals surface area (Å²) in [5.74, 6) is 1.37. The van der Waals surface area contributed by atoms with Gasteiger partial charge in [0.05, 0.1) is 0 Å². The van der Waals surface area contributed by atoms with Crippen LogP contribution in [0.15, 0.2) is 51.2 Å².